The number of allylic oxidation sites excluding steroid dienone is 1. The molecular weight excluding hydrogens is 266 g/mol. The van der Waals surface area contributed by atoms with Gasteiger partial charge in [0.15, 0.2) is 0 Å². The zero-order valence-corrected chi connectivity index (χ0v) is 11.9. The van der Waals surface area contributed by atoms with Crippen molar-refractivity contribution < 1.29 is 15.1 Å². The Kier molecular flexibility index (Phi) is 4.61. The summed E-state index contributed by atoms with van der Waals surface area (Å²) in [5.41, 5.74) is 2.69. The second kappa shape index (κ2) is 6.61. The highest BCUT2D eigenvalue weighted by atomic mass is 16.5. The van der Waals surface area contributed by atoms with Gasteiger partial charge in [0.2, 0.25) is 0 Å². The Balaban J connectivity index is 2.26. The van der Waals surface area contributed by atoms with Gasteiger partial charge in [-0.2, -0.15) is 0 Å². The van der Waals surface area contributed by atoms with Crippen molar-refractivity contribution in [1.29, 1.82) is 0 Å². The van der Waals surface area contributed by atoms with Crippen LogP contribution in [-0.2, 0) is 0 Å². The van der Waals surface area contributed by atoms with Crippen LogP contribution in [0.1, 0.15) is 16.7 Å². The molecule has 0 aromatic heterocycles. The fraction of sp³-hybridized carbons (Fsp3) is 0.118. The van der Waals surface area contributed by atoms with Gasteiger partial charge in [0, 0.05) is 5.56 Å². The minimum atomic E-state index is 0.0766. The first kappa shape index (κ1) is 14.7. The third-order valence-corrected chi connectivity index (χ3v) is 3.09. The number of ether oxygens (including phenoxy) is 1. The summed E-state index contributed by atoms with van der Waals surface area (Å²) in [5, 5.41) is 22.3. The van der Waals surface area contributed by atoms with Crippen molar-refractivity contribution in [3.63, 3.8) is 0 Å². The molecule has 0 unspecified atom stereocenters. The van der Waals surface area contributed by atoms with Crippen LogP contribution in [0.25, 0.3) is 6.08 Å². The zero-order valence-electron chi connectivity index (χ0n) is 11.9. The SMILES string of the molecule is COc1ccc(/C=C\C(=N/O)c2cc(C)ccc2O)cc1. The number of phenolic OH excluding ortho intramolecular Hbond substituents is 1. The normalized spacial score (nSPS) is 11.8. The van der Waals surface area contributed by atoms with E-state index in [-0.39, 0.29) is 5.75 Å². The maximum atomic E-state index is 9.86. The van der Waals surface area contributed by atoms with Crippen LogP contribution in [-0.4, -0.2) is 23.1 Å². The largest absolute Gasteiger partial charge is 0.507 e. The highest BCUT2D eigenvalue weighted by molar-refractivity contribution is 6.12. The number of oxime groups is 1. The van der Waals surface area contributed by atoms with Gasteiger partial charge in [-0.15, -0.1) is 0 Å². The van der Waals surface area contributed by atoms with Crippen molar-refractivity contribution in [2.24, 2.45) is 5.16 Å². The number of benzene rings is 2. The average molecular weight is 283 g/mol. The molecule has 0 aliphatic rings. The van der Waals surface area contributed by atoms with E-state index in [0.717, 1.165) is 16.9 Å². The smallest absolute Gasteiger partial charge is 0.125 e. The Morgan fingerprint density at radius 3 is 2.48 bits per heavy atom. The molecule has 21 heavy (non-hydrogen) atoms. The first-order chi connectivity index (χ1) is 10.1. The van der Waals surface area contributed by atoms with Crippen molar-refractivity contribution in [2.75, 3.05) is 7.11 Å². The number of aryl methyl sites for hydroxylation is 1. The van der Waals surface area contributed by atoms with Gasteiger partial charge in [0.1, 0.15) is 17.2 Å². The summed E-state index contributed by atoms with van der Waals surface area (Å²) in [5.74, 6) is 0.854. The van der Waals surface area contributed by atoms with E-state index in [1.807, 2.05) is 31.2 Å². The summed E-state index contributed by atoms with van der Waals surface area (Å²) >= 11 is 0. The summed E-state index contributed by atoms with van der Waals surface area (Å²) in [6, 6.07) is 12.6. The molecule has 108 valence electrons. The van der Waals surface area contributed by atoms with E-state index in [4.69, 9.17) is 9.94 Å². The van der Waals surface area contributed by atoms with Crippen LogP contribution in [0.4, 0.5) is 0 Å². The van der Waals surface area contributed by atoms with E-state index in [2.05, 4.69) is 5.16 Å². The minimum absolute atomic E-state index is 0.0766. The van der Waals surface area contributed by atoms with Gasteiger partial charge >= 0.3 is 0 Å². The minimum Gasteiger partial charge on any atom is -0.507 e. The predicted molar refractivity (Wildman–Crippen MR) is 83.2 cm³/mol. The Bertz CT molecular complexity index is 673. The number of hydrogen-bond donors (Lipinski definition) is 2. The van der Waals surface area contributed by atoms with E-state index in [0.29, 0.717) is 11.3 Å². The number of hydrogen-bond acceptors (Lipinski definition) is 4. The summed E-state index contributed by atoms with van der Waals surface area (Å²) in [6.07, 6.45) is 3.45. The van der Waals surface area contributed by atoms with Crippen LogP contribution in [0.15, 0.2) is 53.7 Å². The van der Waals surface area contributed by atoms with Gasteiger partial charge in [-0.05, 0) is 42.8 Å². The lowest BCUT2D eigenvalue weighted by atomic mass is 10.0. The van der Waals surface area contributed by atoms with E-state index < -0.39 is 0 Å². The number of rotatable bonds is 4. The van der Waals surface area contributed by atoms with Gasteiger partial charge in [0.05, 0.1) is 7.11 Å². The fourth-order valence-electron chi connectivity index (χ4n) is 1.92. The lowest BCUT2D eigenvalue weighted by Crippen LogP contribution is -1.98. The lowest BCUT2D eigenvalue weighted by Gasteiger charge is -2.04. The molecule has 0 saturated carbocycles. The third-order valence-electron chi connectivity index (χ3n) is 3.09. The number of nitrogens with zero attached hydrogens (tertiary/aromatic N) is 1. The fourth-order valence-corrected chi connectivity index (χ4v) is 1.92. The van der Waals surface area contributed by atoms with Gasteiger partial charge in [0.25, 0.3) is 0 Å². The third kappa shape index (κ3) is 3.63. The molecule has 0 fully saturated rings. The van der Waals surface area contributed by atoms with Crippen LogP contribution < -0.4 is 4.74 Å². The lowest BCUT2D eigenvalue weighted by molar-refractivity contribution is 0.319. The van der Waals surface area contributed by atoms with Crippen LogP contribution in [0.3, 0.4) is 0 Å². The molecule has 0 spiro atoms. The maximum Gasteiger partial charge on any atom is 0.125 e. The van der Waals surface area contributed by atoms with Crippen molar-refractivity contribution in [2.45, 2.75) is 6.92 Å². The molecule has 4 heteroatoms. The molecule has 0 radical (unpaired) electrons. The van der Waals surface area contributed by atoms with Crippen LogP contribution in [0.2, 0.25) is 0 Å². The summed E-state index contributed by atoms with van der Waals surface area (Å²) in [7, 11) is 1.61. The van der Waals surface area contributed by atoms with Gasteiger partial charge < -0.3 is 15.1 Å². The predicted octanol–water partition coefficient (Wildman–Crippen LogP) is 3.60. The van der Waals surface area contributed by atoms with Gasteiger partial charge in [-0.1, -0.05) is 35.0 Å². The zero-order chi connectivity index (χ0) is 15.2. The van der Waals surface area contributed by atoms with E-state index >= 15 is 0 Å². The van der Waals surface area contributed by atoms with Crippen LogP contribution in [0, 0.1) is 6.92 Å². The number of methoxy groups -OCH3 is 1. The Labute approximate surface area is 123 Å². The molecule has 0 heterocycles. The molecule has 0 aliphatic heterocycles. The second-order valence-corrected chi connectivity index (χ2v) is 4.61. The molecule has 0 aliphatic carbocycles. The molecule has 2 aromatic carbocycles. The Morgan fingerprint density at radius 2 is 1.86 bits per heavy atom. The second-order valence-electron chi connectivity index (χ2n) is 4.61. The summed E-state index contributed by atoms with van der Waals surface area (Å²) in [6.45, 7) is 1.91. The first-order valence-electron chi connectivity index (χ1n) is 6.48. The number of phenols is 1. The van der Waals surface area contributed by atoms with Gasteiger partial charge in [-0.25, -0.2) is 0 Å². The molecule has 2 N–H and O–H groups in total. The Morgan fingerprint density at radius 1 is 1.14 bits per heavy atom. The van der Waals surface area contributed by atoms with Gasteiger partial charge in [-0.3, -0.25) is 0 Å². The number of aromatic hydroxyl groups is 1. The Hall–Kier alpha value is -2.75. The van der Waals surface area contributed by atoms with Crippen molar-refractivity contribution in [3.8, 4) is 11.5 Å². The van der Waals surface area contributed by atoms with Crippen LogP contribution in [0.5, 0.6) is 11.5 Å². The quantitative estimate of drug-likeness (QED) is 0.512. The highest BCUT2D eigenvalue weighted by Crippen LogP contribution is 2.20. The van der Waals surface area contributed by atoms with Crippen molar-refractivity contribution in [3.05, 3.63) is 65.2 Å². The van der Waals surface area contributed by atoms with Crippen molar-refractivity contribution in [1.82, 2.24) is 0 Å². The van der Waals surface area contributed by atoms with E-state index in [1.165, 1.54) is 0 Å². The van der Waals surface area contributed by atoms with E-state index in [9.17, 15) is 5.11 Å². The molecule has 0 bridgehead atoms. The summed E-state index contributed by atoms with van der Waals surface area (Å²) in [4.78, 5) is 0. The molecule has 0 amide bonds. The molecule has 2 aromatic rings. The molecular formula is C17H17NO3. The average Bonchev–Trinajstić information content (AvgIpc) is 2.51. The maximum absolute atomic E-state index is 9.86. The van der Waals surface area contributed by atoms with E-state index in [1.54, 1.807) is 37.5 Å². The standard InChI is InChI=1S/C17H17NO3/c1-12-3-10-17(19)15(11-12)16(18-20)9-6-13-4-7-14(21-2)8-5-13/h3-11,19-20H,1-2H3/b9-6-,18-16+. The molecule has 0 atom stereocenters. The topological polar surface area (TPSA) is 62.0 Å². The van der Waals surface area contributed by atoms with Crippen LogP contribution >= 0.6 is 0 Å². The first-order valence-corrected chi connectivity index (χ1v) is 6.48. The van der Waals surface area contributed by atoms with Crippen molar-refractivity contribution >= 4 is 11.8 Å². The summed E-state index contributed by atoms with van der Waals surface area (Å²) < 4.78 is 5.09. The monoisotopic (exact) mass is 283 g/mol. The molecule has 2 rings (SSSR count). The molecule has 4 nitrogen and oxygen atoms in total. The highest BCUT2D eigenvalue weighted by Gasteiger charge is 2.07. The molecule has 0 saturated heterocycles.